The molecule has 0 radical (unpaired) electrons. The zero-order valence-electron chi connectivity index (χ0n) is 9.53. The van der Waals surface area contributed by atoms with E-state index in [0.717, 1.165) is 17.1 Å². The van der Waals surface area contributed by atoms with Crippen molar-refractivity contribution >= 4 is 23.1 Å². The average molecular weight is 253 g/mol. The molecule has 0 saturated carbocycles. The van der Waals surface area contributed by atoms with Crippen molar-refractivity contribution in [3.63, 3.8) is 0 Å². The van der Waals surface area contributed by atoms with Crippen LogP contribution in [0.5, 0.6) is 0 Å². The Morgan fingerprint density at radius 1 is 1.31 bits per heavy atom. The predicted molar refractivity (Wildman–Crippen MR) is 69.6 cm³/mol. The largest absolute Gasteiger partial charge is 0.243 e. The van der Waals surface area contributed by atoms with Gasteiger partial charge in [-0.3, -0.25) is 0 Å². The third kappa shape index (κ3) is 2.28. The third-order valence-corrected chi connectivity index (χ3v) is 3.92. The minimum Gasteiger partial charge on any atom is -0.100 e. The maximum Gasteiger partial charge on any atom is 0.243 e. The molecule has 0 aliphatic rings. The fourth-order valence-corrected chi connectivity index (χ4v) is 3.01. The van der Waals surface area contributed by atoms with Gasteiger partial charge in [0.1, 0.15) is 16.6 Å². The lowest BCUT2D eigenvalue weighted by atomic mass is 10.2. The second-order valence-corrected chi connectivity index (χ2v) is 5.42. The number of para-hydroxylation sites is 1. The van der Waals surface area contributed by atoms with Crippen LogP contribution in [0.3, 0.4) is 0 Å². The van der Waals surface area contributed by atoms with E-state index in [4.69, 9.17) is 11.6 Å². The summed E-state index contributed by atoms with van der Waals surface area (Å²) in [4.78, 5) is 1.38. The van der Waals surface area contributed by atoms with E-state index in [9.17, 15) is 0 Å². The summed E-state index contributed by atoms with van der Waals surface area (Å²) >= 11 is 7.94. The fraction of sp³-hybridized carbons (Fsp3) is 0.308. The Morgan fingerprint density at radius 3 is 2.75 bits per heavy atom. The minimum atomic E-state index is 0.803. The lowest BCUT2D eigenvalue weighted by Crippen LogP contribution is -2.24. The molecule has 0 atom stereocenters. The summed E-state index contributed by atoms with van der Waals surface area (Å²) in [5.74, 6) is 0. The normalized spacial score (nSPS) is 10.7. The summed E-state index contributed by atoms with van der Waals surface area (Å²) in [6.07, 6.45) is 4.52. The number of hydrogen-bond acceptors (Lipinski definition) is 1. The molecule has 1 heterocycles. The Morgan fingerprint density at radius 2 is 2.06 bits per heavy atom. The number of rotatable bonds is 3. The van der Waals surface area contributed by atoms with Gasteiger partial charge in [0, 0.05) is 11.6 Å². The number of aryl methyl sites for hydroxylation is 2. The van der Waals surface area contributed by atoms with Crippen molar-refractivity contribution in [1.82, 2.24) is 0 Å². The van der Waals surface area contributed by atoms with Crippen molar-refractivity contribution in [3.05, 3.63) is 45.9 Å². The van der Waals surface area contributed by atoms with E-state index in [1.807, 2.05) is 24.3 Å². The van der Waals surface area contributed by atoms with Crippen LogP contribution in [0.1, 0.15) is 23.8 Å². The summed E-state index contributed by atoms with van der Waals surface area (Å²) in [6.45, 7) is 4.37. The van der Waals surface area contributed by atoms with Gasteiger partial charge < -0.3 is 0 Å². The first-order valence-electron chi connectivity index (χ1n) is 5.48. The quantitative estimate of drug-likeness (QED) is 0.729. The monoisotopic (exact) mass is 252 g/mol. The smallest absolute Gasteiger partial charge is 0.100 e. The second-order valence-electron chi connectivity index (χ2n) is 3.83. The molecule has 0 amide bonds. The van der Waals surface area contributed by atoms with E-state index in [-0.39, 0.29) is 0 Å². The second kappa shape index (κ2) is 4.98. The zero-order valence-corrected chi connectivity index (χ0v) is 11.1. The van der Waals surface area contributed by atoms with Crippen LogP contribution in [-0.4, -0.2) is 0 Å². The molecule has 3 heteroatoms. The number of benzene rings is 1. The molecule has 0 fully saturated rings. The van der Waals surface area contributed by atoms with Gasteiger partial charge >= 0.3 is 0 Å². The highest BCUT2D eigenvalue weighted by molar-refractivity contribution is 7.02. The molecule has 0 aliphatic heterocycles. The summed E-state index contributed by atoms with van der Waals surface area (Å²) < 4.78 is 2.16. The lowest BCUT2D eigenvalue weighted by molar-refractivity contribution is -0.520. The van der Waals surface area contributed by atoms with E-state index in [2.05, 4.69) is 24.0 Å². The van der Waals surface area contributed by atoms with Crippen LogP contribution in [0.2, 0.25) is 5.02 Å². The summed E-state index contributed by atoms with van der Waals surface area (Å²) in [5, 5.41) is 0.803. The third-order valence-electron chi connectivity index (χ3n) is 2.57. The molecule has 2 rings (SSSR count). The number of halogens is 1. The van der Waals surface area contributed by atoms with E-state index in [1.54, 1.807) is 11.5 Å². The van der Waals surface area contributed by atoms with E-state index in [1.165, 1.54) is 16.9 Å². The highest BCUT2D eigenvalue weighted by Crippen LogP contribution is 2.19. The highest BCUT2D eigenvalue weighted by atomic mass is 35.5. The van der Waals surface area contributed by atoms with Gasteiger partial charge in [0.2, 0.25) is 5.69 Å². The molecule has 0 saturated heterocycles. The molecule has 16 heavy (non-hydrogen) atoms. The highest BCUT2D eigenvalue weighted by Gasteiger charge is 2.17. The van der Waals surface area contributed by atoms with Crippen molar-refractivity contribution in [1.29, 1.82) is 0 Å². The molecule has 1 aromatic heterocycles. The first kappa shape index (κ1) is 11.6. The van der Waals surface area contributed by atoms with Gasteiger partial charge in [0.25, 0.3) is 0 Å². The van der Waals surface area contributed by atoms with Crippen LogP contribution in [0.25, 0.3) is 5.69 Å². The topological polar surface area (TPSA) is 3.88 Å². The number of aromatic nitrogens is 1. The van der Waals surface area contributed by atoms with E-state index < -0.39 is 0 Å². The molecular weight excluding hydrogens is 238 g/mol. The molecule has 0 bridgehead atoms. The summed E-state index contributed by atoms with van der Waals surface area (Å²) in [6, 6.07) is 7.95. The van der Waals surface area contributed by atoms with Crippen LogP contribution in [0.15, 0.2) is 30.5 Å². The van der Waals surface area contributed by atoms with Gasteiger partial charge in [0.15, 0.2) is 6.20 Å². The Bertz CT molecular complexity index is 490. The van der Waals surface area contributed by atoms with Gasteiger partial charge in [-0.05, 0) is 19.4 Å². The number of nitrogens with zero attached hydrogens (tertiary/aromatic N) is 1. The first-order chi connectivity index (χ1) is 7.72. The zero-order chi connectivity index (χ0) is 11.5. The lowest BCUT2D eigenvalue weighted by Gasteiger charge is -1.92. The Balaban J connectivity index is 2.42. The van der Waals surface area contributed by atoms with Gasteiger partial charge in [-0.25, -0.2) is 0 Å². The van der Waals surface area contributed by atoms with Crippen molar-refractivity contribution in [3.8, 4) is 5.69 Å². The molecule has 0 N–H and O–H groups in total. The maximum atomic E-state index is 6.18. The molecule has 1 aromatic carbocycles. The first-order valence-corrected chi connectivity index (χ1v) is 6.64. The van der Waals surface area contributed by atoms with E-state index in [0.29, 0.717) is 0 Å². The standard InChI is InChI=1S/C13H15ClNS/c1-3-6-11-9-15(16-10(11)2)13-8-5-4-7-12(13)14/h4-5,7-9H,3,6H2,1-2H3/q+1. The van der Waals surface area contributed by atoms with Crippen molar-refractivity contribution in [2.75, 3.05) is 0 Å². The van der Waals surface area contributed by atoms with Crippen LogP contribution in [0, 0.1) is 6.92 Å². The van der Waals surface area contributed by atoms with Crippen LogP contribution >= 0.6 is 23.1 Å². The predicted octanol–water partition coefficient (Wildman–Crippen LogP) is 3.94. The molecule has 84 valence electrons. The van der Waals surface area contributed by atoms with Crippen molar-refractivity contribution in [2.24, 2.45) is 0 Å². The van der Waals surface area contributed by atoms with E-state index >= 15 is 0 Å². The number of hydrogen-bond donors (Lipinski definition) is 0. The van der Waals surface area contributed by atoms with Crippen LogP contribution in [0.4, 0.5) is 0 Å². The van der Waals surface area contributed by atoms with Crippen molar-refractivity contribution in [2.45, 2.75) is 26.7 Å². The molecule has 0 unspecified atom stereocenters. The minimum absolute atomic E-state index is 0.803. The van der Waals surface area contributed by atoms with Gasteiger partial charge in [-0.2, -0.15) is 0 Å². The molecule has 2 aromatic rings. The summed E-state index contributed by atoms with van der Waals surface area (Å²) in [7, 11) is 0. The SMILES string of the molecule is CCCc1c[n+](-c2ccccc2Cl)sc1C. The van der Waals surface area contributed by atoms with Gasteiger partial charge in [0.05, 0.1) is 4.88 Å². The average Bonchev–Trinajstić information content (AvgIpc) is 2.61. The molecular formula is C13H15ClNS+. The summed E-state index contributed by atoms with van der Waals surface area (Å²) in [5.41, 5.74) is 2.49. The molecule has 0 spiro atoms. The van der Waals surface area contributed by atoms with Crippen LogP contribution in [-0.2, 0) is 6.42 Å². The molecule has 0 aliphatic carbocycles. The van der Waals surface area contributed by atoms with Crippen molar-refractivity contribution < 1.29 is 3.96 Å². The Labute approximate surface area is 105 Å². The Hall–Kier alpha value is -0.860. The fourth-order valence-electron chi connectivity index (χ4n) is 1.72. The van der Waals surface area contributed by atoms with Gasteiger partial charge in [-0.15, -0.1) is 3.96 Å². The maximum absolute atomic E-state index is 6.18. The molecule has 1 nitrogen and oxygen atoms in total. The van der Waals surface area contributed by atoms with Gasteiger partial charge in [-0.1, -0.05) is 37.1 Å². The van der Waals surface area contributed by atoms with Crippen LogP contribution < -0.4 is 3.96 Å². The Kier molecular flexibility index (Phi) is 3.62.